The molecule has 0 aliphatic rings. The van der Waals surface area contributed by atoms with Crippen molar-refractivity contribution in [1.29, 1.82) is 0 Å². The molecule has 3 rings (SSSR count). The summed E-state index contributed by atoms with van der Waals surface area (Å²) in [7, 11) is 0. The van der Waals surface area contributed by atoms with E-state index in [9.17, 15) is 9.18 Å². The first kappa shape index (κ1) is 14.6. The van der Waals surface area contributed by atoms with E-state index in [1.165, 1.54) is 12.1 Å². The lowest BCUT2D eigenvalue weighted by atomic mass is 10.0. The Labute approximate surface area is 138 Å². The van der Waals surface area contributed by atoms with E-state index < -0.39 is 5.82 Å². The van der Waals surface area contributed by atoms with Gasteiger partial charge < -0.3 is 4.98 Å². The number of hydrogen-bond acceptors (Lipinski definition) is 1. The molecule has 0 bridgehead atoms. The van der Waals surface area contributed by atoms with Crippen molar-refractivity contribution in [3.05, 3.63) is 68.0 Å². The Kier molecular flexibility index (Phi) is 3.78. The van der Waals surface area contributed by atoms with E-state index in [1.807, 2.05) is 0 Å². The monoisotopic (exact) mass is 385 g/mol. The normalized spacial score (nSPS) is 11.0. The molecule has 1 heterocycles. The molecule has 1 aromatic heterocycles. The van der Waals surface area contributed by atoms with E-state index in [1.54, 1.807) is 24.4 Å². The summed E-state index contributed by atoms with van der Waals surface area (Å²) >= 11 is 15.3. The topological polar surface area (TPSA) is 32.9 Å². The molecule has 106 valence electrons. The van der Waals surface area contributed by atoms with Crippen LogP contribution in [0.15, 0.2) is 41.0 Å². The summed E-state index contributed by atoms with van der Waals surface area (Å²) in [6.45, 7) is 0. The average Bonchev–Trinajstić information content (AvgIpc) is 2.80. The Balaban J connectivity index is 2.18. The van der Waals surface area contributed by atoms with Gasteiger partial charge >= 0.3 is 0 Å². The van der Waals surface area contributed by atoms with Crippen molar-refractivity contribution in [2.75, 3.05) is 0 Å². The summed E-state index contributed by atoms with van der Waals surface area (Å²) in [5.41, 5.74) is 1.28. The third kappa shape index (κ3) is 2.71. The van der Waals surface area contributed by atoms with Crippen LogP contribution in [0.1, 0.15) is 15.9 Å². The fourth-order valence-electron chi connectivity index (χ4n) is 2.20. The zero-order valence-corrected chi connectivity index (χ0v) is 13.5. The summed E-state index contributed by atoms with van der Waals surface area (Å²) in [6, 6.07) is 7.29. The molecular formula is C15H7BrCl2FNO. The second-order valence-corrected chi connectivity index (χ2v) is 6.26. The SMILES string of the molecule is O=C(c1cc(F)cc(Br)c1)c1c[nH]c2cc(Cl)cc(Cl)c12. The number of H-pyrrole nitrogens is 1. The Morgan fingerprint density at radius 1 is 1.14 bits per heavy atom. The molecule has 6 heteroatoms. The van der Waals surface area contributed by atoms with Gasteiger partial charge in [0, 0.05) is 37.7 Å². The second kappa shape index (κ2) is 5.44. The molecule has 0 radical (unpaired) electrons. The van der Waals surface area contributed by atoms with E-state index in [2.05, 4.69) is 20.9 Å². The van der Waals surface area contributed by atoms with Crippen molar-refractivity contribution in [2.45, 2.75) is 0 Å². The first-order valence-corrected chi connectivity index (χ1v) is 7.47. The van der Waals surface area contributed by atoms with Crippen LogP contribution in [0, 0.1) is 5.82 Å². The number of carbonyl (C=O) groups excluding carboxylic acids is 1. The second-order valence-electron chi connectivity index (χ2n) is 4.50. The number of hydrogen-bond donors (Lipinski definition) is 1. The first-order valence-electron chi connectivity index (χ1n) is 5.92. The number of rotatable bonds is 2. The van der Waals surface area contributed by atoms with Crippen LogP contribution in [0.25, 0.3) is 10.9 Å². The molecule has 0 saturated carbocycles. The number of aromatic amines is 1. The van der Waals surface area contributed by atoms with Gasteiger partial charge in [-0.25, -0.2) is 4.39 Å². The fourth-order valence-corrected chi connectivity index (χ4v) is 3.26. The first-order chi connectivity index (χ1) is 9.95. The number of nitrogens with one attached hydrogen (secondary N) is 1. The van der Waals surface area contributed by atoms with Gasteiger partial charge in [-0.05, 0) is 30.3 Å². The molecule has 0 spiro atoms. The number of carbonyl (C=O) groups is 1. The van der Waals surface area contributed by atoms with E-state index in [-0.39, 0.29) is 11.3 Å². The molecule has 0 fully saturated rings. The van der Waals surface area contributed by atoms with Gasteiger partial charge in [0.1, 0.15) is 5.82 Å². The summed E-state index contributed by atoms with van der Waals surface area (Å²) in [6.07, 6.45) is 1.55. The number of benzene rings is 2. The fraction of sp³-hybridized carbons (Fsp3) is 0. The van der Waals surface area contributed by atoms with Gasteiger partial charge in [0.05, 0.1) is 5.02 Å². The quantitative estimate of drug-likeness (QED) is 0.570. The molecule has 3 aromatic rings. The van der Waals surface area contributed by atoms with Crippen LogP contribution in [0.5, 0.6) is 0 Å². The Morgan fingerprint density at radius 3 is 2.62 bits per heavy atom. The Bertz CT molecular complexity index is 855. The zero-order chi connectivity index (χ0) is 15.1. The van der Waals surface area contributed by atoms with Crippen LogP contribution in [0.2, 0.25) is 10.0 Å². The van der Waals surface area contributed by atoms with E-state index >= 15 is 0 Å². The van der Waals surface area contributed by atoms with Gasteiger partial charge in [0.2, 0.25) is 0 Å². The molecule has 0 atom stereocenters. The standard InChI is InChI=1S/C15H7BrCl2FNO/c16-8-1-7(2-10(19)3-8)15(21)11-6-20-13-5-9(17)4-12(18)14(11)13/h1-6,20H. The van der Waals surface area contributed by atoms with Gasteiger partial charge in [-0.15, -0.1) is 0 Å². The van der Waals surface area contributed by atoms with Crippen LogP contribution in [0.4, 0.5) is 4.39 Å². The maximum Gasteiger partial charge on any atom is 0.195 e. The molecule has 0 unspecified atom stereocenters. The molecule has 1 N–H and O–H groups in total. The van der Waals surface area contributed by atoms with Gasteiger partial charge in [-0.1, -0.05) is 39.1 Å². The summed E-state index contributed by atoms with van der Waals surface area (Å²) in [5, 5.41) is 1.42. The minimum atomic E-state index is -0.485. The third-order valence-corrected chi connectivity index (χ3v) is 4.04. The molecule has 2 aromatic carbocycles. The lowest BCUT2D eigenvalue weighted by Crippen LogP contribution is -2.01. The van der Waals surface area contributed by atoms with Crippen LogP contribution in [-0.2, 0) is 0 Å². The van der Waals surface area contributed by atoms with Crippen molar-refractivity contribution < 1.29 is 9.18 Å². The Hall–Kier alpha value is -1.36. The van der Waals surface area contributed by atoms with Crippen molar-refractivity contribution in [1.82, 2.24) is 4.98 Å². The molecule has 0 aliphatic heterocycles. The summed E-state index contributed by atoms with van der Waals surface area (Å²) in [4.78, 5) is 15.5. The lowest BCUT2D eigenvalue weighted by molar-refractivity contribution is 0.104. The maximum atomic E-state index is 13.4. The van der Waals surface area contributed by atoms with Crippen molar-refractivity contribution in [3.63, 3.8) is 0 Å². The Morgan fingerprint density at radius 2 is 1.90 bits per heavy atom. The highest BCUT2D eigenvalue weighted by molar-refractivity contribution is 9.10. The molecule has 0 saturated heterocycles. The van der Waals surface area contributed by atoms with E-state index in [0.717, 1.165) is 0 Å². The molecule has 21 heavy (non-hydrogen) atoms. The zero-order valence-electron chi connectivity index (χ0n) is 10.4. The third-order valence-electron chi connectivity index (χ3n) is 3.07. The van der Waals surface area contributed by atoms with Gasteiger partial charge in [0.15, 0.2) is 5.78 Å². The van der Waals surface area contributed by atoms with Crippen molar-refractivity contribution in [2.24, 2.45) is 0 Å². The average molecular weight is 387 g/mol. The minimum Gasteiger partial charge on any atom is -0.360 e. The predicted octanol–water partition coefficient (Wildman–Crippen LogP) is 5.61. The van der Waals surface area contributed by atoms with Gasteiger partial charge in [-0.2, -0.15) is 0 Å². The molecular weight excluding hydrogens is 380 g/mol. The van der Waals surface area contributed by atoms with Crippen LogP contribution in [0.3, 0.4) is 0 Å². The van der Waals surface area contributed by atoms with Crippen LogP contribution in [-0.4, -0.2) is 10.8 Å². The largest absolute Gasteiger partial charge is 0.360 e. The highest BCUT2D eigenvalue weighted by atomic mass is 79.9. The van der Waals surface area contributed by atoms with Crippen molar-refractivity contribution in [3.8, 4) is 0 Å². The van der Waals surface area contributed by atoms with E-state index in [4.69, 9.17) is 23.2 Å². The van der Waals surface area contributed by atoms with Crippen LogP contribution < -0.4 is 0 Å². The number of aromatic nitrogens is 1. The highest BCUT2D eigenvalue weighted by Gasteiger charge is 2.18. The minimum absolute atomic E-state index is 0.244. The predicted molar refractivity (Wildman–Crippen MR) is 85.9 cm³/mol. The molecule has 0 aliphatic carbocycles. The van der Waals surface area contributed by atoms with E-state index in [0.29, 0.717) is 31.0 Å². The number of ketones is 1. The van der Waals surface area contributed by atoms with Crippen molar-refractivity contribution >= 4 is 55.8 Å². The molecule has 2 nitrogen and oxygen atoms in total. The number of halogens is 4. The highest BCUT2D eigenvalue weighted by Crippen LogP contribution is 2.31. The van der Waals surface area contributed by atoms with Gasteiger partial charge in [-0.3, -0.25) is 4.79 Å². The van der Waals surface area contributed by atoms with Gasteiger partial charge in [0.25, 0.3) is 0 Å². The smallest absolute Gasteiger partial charge is 0.195 e. The lowest BCUT2D eigenvalue weighted by Gasteiger charge is -2.03. The molecule has 0 amide bonds. The summed E-state index contributed by atoms with van der Waals surface area (Å²) in [5.74, 6) is -0.799. The maximum absolute atomic E-state index is 13.4. The van der Waals surface area contributed by atoms with Crippen LogP contribution >= 0.6 is 39.1 Å². The number of fused-ring (bicyclic) bond motifs is 1. The summed E-state index contributed by atoms with van der Waals surface area (Å²) < 4.78 is 13.9.